The number of carbonyl (C=O) groups is 2. The van der Waals surface area contributed by atoms with Crippen LogP contribution in [0.4, 0.5) is 5.69 Å². The third-order valence-corrected chi connectivity index (χ3v) is 5.54. The summed E-state index contributed by atoms with van der Waals surface area (Å²) in [5, 5.41) is 9.02. The Morgan fingerprint density at radius 3 is 2.60 bits per heavy atom. The molecule has 9 heteroatoms. The second-order valence-electron chi connectivity index (χ2n) is 6.23. The average Bonchev–Trinajstić information content (AvgIpc) is 3.01. The molecule has 0 radical (unpaired) electrons. The SMILES string of the molecule is COc1cccc(N2C(=O)/C(=C\c3ccc(OC(C)C(=O)O)c(OC)c3)SC2=S)c1. The van der Waals surface area contributed by atoms with Crippen molar-refractivity contribution >= 4 is 51.9 Å². The lowest BCUT2D eigenvalue weighted by Gasteiger charge is -2.15. The van der Waals surface area contributed by atoms with E-state index in [0.717, 1.165) is 0 Å². The van der Waals surface area contributed by atoms with Crippen LogP contribution in [0.3, 0.4) is 0 Å². The van der Waals surface area contributed by atoms with Crippen LogP contribution in [0.25, 0.3) is 6.08 Å². The molecular formula is C21H19NO6S2. The van der Waals surface area contributed by atoms with Crippen molar-refractivity contribution in [3.8, 4) is 17.2 Å². The van der Waals surface area contributed by atoms with Gasteiger partial charge in [0.15, 0.2) is 21.9 Å². The first-order valence-electron chi connectivity index (χ1n) is 8.83. The predicted octanol–water partition coefficient (Wildman–Crippen LogP) is 3.96. The van der Waals surface area contributed by atoms with Gasteiger partial charge in [-0.15, -0.1) is 0 Å². The van der Waals surface area contributed by atoms with Crippen LogP contribution >= 0.6 is 24.0 Å². The number of nitrogens with zero attached hydrogens (tertiary/aromatic N) is 1. The summed E-state index contributed by atoms with van der Waals surface area (Å²) < 4.78 is 16.3. The van der Waals surface area contributed by atoms with Gasteiger partial charge >= 0.3 is 5.97 Å². The molecule has 2 aromatic carbocycles. The van der Waals surface area contributed by atoms with Gasteiger partial charge in [-0.05, 0) is 42.8 Å². The number of rotatable bonds is 7. The number of methoxy groups -OCH3 is 2. The zero-order chi connectivity index (χ0) is 21.8. The molecule has 0 aliphatic carbocycles. The molecule has 0 bridgehead atoms. The lowest BCUT2D eigenvalue weighted by molar-refractivity contribution is -0.144. The van der Waals surface area contributed by atoms with Crippen molar-refractivity contribution in [3.05, 3.63) is 52.9 Å². The fraction of sp³-hybridized carbons (Fsp3) is 0.190. The number of aliphatic carboxylic acids is 1. The Balaban J connectivity index is 1.87. The molecular weight excluding hydrogens is 426 g/mol. The van der Waals surface area contributed by atoms with E-state index in [1.165, 1.54) is 30.7 Å². The number of thioether (sulfide) groups is 1. The molecule has 7 nitrogen and oxygen atoms in total. The summed E-state index contributed by atoms with van der Waals surface area (Å²) >= 11 is 6.60. The lowest BCUT2D eigenvalue weighted by atomic mass is 10.1. The lowest BCUT2D eigenvalue weighted by Crippen LogP contribution is -2.27. The normalized spacial score (nSPS) is 16.0. The van der Waals surface area contributed by atoms with Gasteiger partial charge in [-0.2, -0.15) is 0 Å². The number of anilines is 1. The van der Waals surface area contributed by atoms with Crippen LogP contribution in [0, 0.1) is 0 Å². The molecule has 1 aliphatic rings. The maximum Gasteiger partial charge on any atom is 0.344 e. The van der Waals surface area contributed by atoms with E-state index >= 15 is 0 Å². The van der Waals surface area contributed by atoms with Crippen molar-refractivity contribution in [2.45, 2.75) is 13.0 Å². The molecule has 3 rings (SSSR count). The van der Waals surface area contributed by atoms with Gasteiger partial charge in [-0.25, -0.2) is 4.79 Å². The van der Waals surface area contributed by atoms with Gasteiger partial charge in [0.2, 0.25) is 0 Å². The zero-order valence-corrected chi connectivity index (χ0v) is 18.1. The summed E-state index contributed by atoms with van der Waals surface area (Å²) in [6, 6.07) is 12.1. The smallest absolute Gasteiger partial charge is 0.344 e. The first-order chi connectivity index (χ1) is 14.3. The van der Waals surface area contributed by atoms with E-state index in [-0.39, 0.29) is 5.91 Å². The summed E-state index contributed by atoms with van der Waals surface area (Å²) in [7, 11) is 3.01. The third kappa shape index (κ3) is 4.58. The summed E-state index contributed by atoms with van der Waals surface area (Å²) in [4.78, 5) is 25.9. The van der Waals surface area contributed by atoms with E-state index in [0.29, 0.717) is 37.7 Å². The molecule has 1 N–H and O–H groups in total. The second-order valence-corrected chi connectivity index (χ2v) is 7.90. The minimum atomic E-state index is -1.08. The highest BCUT2D eigenvalue weighted by molar-refractivity contribution is 8.27. The van der Waals surface area contributed by atoms with E-state index in [1.54, 1.807) is 55.7 Å². The van der Waals surface area contributed by atoms with Crippen molar-refractivity contribution in [1.29, 1.82) is 0 Å². The Bertz CT molecular complexity index is 1040. The quantitative estimate of drug-likeness (QED) is 0.506. The maximum absolute atomic E-state index is 12.9. The molecule has 0 saturated carbocycles. The van der Waals surface area contributed by atoms with Crippen LogP contribution in [0.2, 0.25) is 0 Å². The topological polar surface area (TPSA) is 85.3 Å². The van der Waals surface area contributed by atoms with Gasteiger partial charge in [0.25, 0.3) is 5.91 Å². The summed E-state index contributed by atoms with van der Waals surface area (Å²) in [6.07, 6.45) is 0.677. The number of carbonyl (C=O) groups excluding carboxylic acids is 1. The van der Waals surface area contributed by atoms with Gasteiger partial charge < -0.3 is 19.3 Å². The number of hydrogen-bond donors (Lipinski definition) is 1. The van der Waals surface area contributed by atoms with Crippen LogP contribution in [-0.4, -0.2) is 41.6 Å². The predicted molar refractivity (Wildman–Crippen MR) is 119 cm³/mol. The van der Waals surface area contributed by atoms with E-state index in [1.807, 2.05) is 0 Å². The third-order valence-electron chi connectivity index (χ3n) is 4.24. The van der Waals surface area contributed by atoms with Gasteiger partial charge in [0.05, 0.1) is 24.8 Å². The number of ether oxygens (including phenoxy) is 3. The Labute approximate surface area is 183 Å². The maximum atomic E-state index is 12.9. The molecule has 0 spiro atoms. The highest BCUT2D eigenvalue weighted by Crippen LogP contribution is 2.38. The highest BCUT2D eigenvalue weighted by Gasteiger charge is 2.33. The van der Waals surface area contributed by atoms with E-state index in [9.17, 15) is 9.59 Å². The van der Waals surface area contributed by atoms with E-state index in [2.05, 4.69) is 0 Å². The van der Waals surface area contributed by atoms with Crippen molar-refractivity contribution in [2.24, 2.45) is 0 Å². The molecule has 1 unspecified atom stereocenters. The van der Waals surface area contributed by atoms with Crippen molar-refractivity contribution in [1.82, 2.24) is 0 Å². The van der Waals surface area contributed by atoms with Gasteiger partial charge in [0, 0.05) is 6.07 Å². The standard InChI is InChI=1S/C21H19NO6S2/c1-12(20(24)25)28-16-8-7-13(9-17(16)27-3)10-18-19(23)22(21(29)30-18)14-5-4-6-15(11-14)26-2/h4-12H,1-3H3,(H,24,25)/b18-10+. The summed E-state index contributed by atoms with van der Waals surface area (Å²) in [5.74, 6) is -0.0329. The Morgan fingerprint density at radius 1 is 1.17 bits per heavy atom. The number of hydrogen-bond acceptors (Lipinski definition) is 7. The van der Waals surface area contributed by atoms with Crippen LogP contribution in [-0.2, 0) is 9.59 Å². The minimum absolute atomic E-state index is 0.239. The van der Waals surface area contributed by atoms with Crippen molar-refractivity contribution < 1.29 is 28.9 Å². The van der Waals surface area contributed by atoms with Crippen molar-refractivity contribution in [2.75, 3.05) is 19.1 Å². The molecule has 0 aromatic heterocycles. The largest absolute Gasteiger partial charge is 0.497 e. The van der Waals surface area contributed by atoms with Gasteiger partial charge in [-0.3, -0.25) is 9.69 Å². The molecule has 156 valence electrons. The number of amides is 1. The molecule has 1 atom stereocenters. The fourth-order valence-electron chi connectivity index (χ4n) is 2.70. The first-order valence-corrected chi connectivity index (χ1v) is 10.1. The number of carboxylic acid groups (broad SMARTS) is 1. The molecule has 1 amide bonds. The highest BCUT2D eigenvalue weighted by atomic mass is 32.2. The fourth-order valence-corrected chi connectivity index (χ4v) is 4.00. The van der Waals surface area contributed by atoms with Crippen molar-refractivity contribution in [3.63, 3.8) is 0 Å². The number of benzene rings is 2. The Morgan fingerprint density at radius 2 is 1.93 bits per heavy atom. The summed E-state index contributed by atoms with van der Waals surface area (Å²) in [5.41, 5.74) is 1.32. The second kappa shape index (κ2) is 9.19. The Kier molecular flexibility index (Phi) is 6.63. The van der Waals surface area contributed by atoms with Crippen LogP contribution < -0.4 is 19.1 Å². The van der Waals surface area contributed by atoms with E-state index < -0.39 is 12.1 Å². The van der Waals surface area contributed by atoms with Gasteiger partial charge in [-0.1, -0.05) is 36.1 Å². The molecule has 30 heavy (non-hydrogen) atoms. The molecule has 2 aromatic rings. The molecule has 1 fully saturated rings. The summed E-state index contributed by atoms with van der Waals surface area (Å²) in [6.45, 7) is 1.43. The molecule has 1 heterocycles. The first kappa shape index (κ1) is 21.7. The van der Waals surface area contributed by atoms with E-state index in [4.69, 9.17) is 31.5 Å². The zero-order valence-electron chi connectivity index (χ0n) is 16.4. The minimum Gasteiger partial charge on any atom is -0.497 e. The average molecular weight is 446 g/mol. The van der Waals surface area contributed by atoms with Crippen LogP contribution in [0.5, 0.6) is 17.2 Å². The molecule has 1 saturated heterocycles. The molecule has 1 aliphatic heterocycles. The monoisotopic (exact) mass is 445 g/mol. The Hall–Kier alpha value is -3.04. The van der Waals surface area contributed by atoms with Crippen LogP contribution in [0.15, 0.2) is 47.4 Å². The number of thiocarbonyl (C=S) groups is 1. The van der Waals surface area contributed by atoms with Crippen LogP contribution in [0.1, 0.15) is 12.5 Å². The number of carboxylic acids is 1. The van der Waals surface area contributed by atoms with Gasteiger partial charge in [0.1, 0.15) is 5.75 Å².